The Bertz CT molecular complexity index is 3210. The highest BCUT2D eigenvalue weighted by Crippen LogP contribution is 2.43. The first-order chi connectivity index (χ1) is 25.7. The Morgan fingerprint density at radius 2 is 0.712 bits per heavy atom. The normalized spacial score (nSPS) is 12.2. The highest BCUT2D eigenvalue weighted by Gasteiger charge is 2.18. The van der Waals surface area contributed by atoms with Gasteiger partial charge in [0.25, 0.3) is 0 Å². The minimum absolute atomic E-state index is 0.933. The summed E-state index contributed by atoms with van der Waals surface area (Å²) in [6.07, 6.45) is 0. The second kappa shape index (κ2) is 10.3. The topological polar surface area (TPSA) is 25.8 Å². The molecule has 0 fully saturated rings. The first-order valence-electron chi connectivity index (χ1n) is 17.9. The van der Waals surface area contributed by atoms with Crippen molar-refractivity contribution in [1.82, 2.24) is 9.97 Å². The van der Waals surface area contributed by atoms with Crippen molar-refractivity contribution in [3.05, 3.63) is 170 Å². The fourth-order valence-corrected chi connectivity index (χ4v) is 8.84. The fourth-order valence-electron chi connectivity index (χ4n) is 8.84. The minimum Gasteiger partial charge on any atom is -0.248 e. The second-order valence-corrected chi connectivity index (χ2v) is 14.2. The second-order valence-electron chi connectivity index (χ2n) is 14.2. The monoisotopic (exact) mass is 656 g/mol. The lowest BCUT2D eigenvalue weighted by atomic mass is 9.89. The van der Waals surface area contributed by atoms with Crippen molar-refractivity contribution in [3.63, 3.8) is 0 Å². The van der Waals surface area contributed by atoms with Crippen molar-refractivity contribution in [2.45, 2.75) is 0 Å². The molecule has 12 aromatic rings. The van der Waals surface area contributed by atoms with Crippen LogP contribution in [-0.4, -0.2) is 9.97 Å². The van der Waals surface area contributed by atoms with Crippen LogP contribution in [0.1, 0.15) is 0 Å². The van der Waals surface area contributed by atoms with Crippen LogP contribution in [0.25, 0.3) is 120 Å². The number of rotatable bonds is 3. The molecular formula is C50H28N2. The SMILES string of the molecule is c1ccc2cc3nc(-c4cc(-c5ccc6ccc7cccc8ccc5c6c78)nc(-c5ccc6ccc7cccc8ccc5c6c78)c4)ccc3cc2c1. The molecule has 2 heterocycles. The molecular weight excluding hydrogens is 629 g/mol. The van der Waals surface area contributed by atoms with Gasteiger partial charge >= 0.3 is 0 Å². The van der Waals surface area contributed by atoms with Gasteiger partial charge in [0.1, 0.15) is 0 Å². The van der Waals surface area contributed by atoms with E-state index in [0.29, 0.717) is 0 Å². The third-order valence-corrected chi connectivity index (χ3v) is 11.3. The van der Waals surface area contributed by atoms with E-state index in [1.165, 1.54) is 75.4 Å². The van der Waals surface area contributed by atoms with Gasteiger partial charge in [-0.3, -0.25) is 0 Å². The van der Waals surface area contributed by atoms with Gasteiger partial charge in [-0.2, -0.15) is 0 Å². The van der Waals surface area contributed by atoms with E-state index in [2.05, 4.69) is 170 Å². The molecule has 2 aromatic heterocycles. The van der Waals surface area contributed by atoms with E-state index in [9.17, 15) is 0 Å². The molecule has 0 aliphatic carbocycles. The molecule has 0 saturated heterocycles. The van der Waals surface area contributed by atoms with Crippen LogP contribution in [-0.2, 0) is 0 Å². The Labute approximate surface area is 298 Å². The van der Waals surface area contributed by atoms with Gasteiger partial charge in [-0.15, -0.1) is 0 Å². The van der Waals surface area contributed by atoms with E-state index in [4.69, 9.17) is 9.97 Å². The molecule has 0 aliphatic rings. The van der Waals surface area contributed by atoms with E-state index >= 15 is 0 Å². The smallest absolute Gasteiger partial charge is 0.0722 e. The predicted octanol–water partition coefficient (Wildman–Crippen LogP) is 13.6. The average Bonchev–Trinajstić information content (AvgIpc) is 3.20. The quantitative estimate of drug-likeness (QED) is 0.140. The maximum atomic E-state index is 5.54. The number of fused-ring (bicyclic) bond motifs is 2. The molecule has 0 spiro atoms. The van der Waals surface area contributed by atoms with Gasteiger partial charge in [-0.05, 0) is 106 Å². The number of hydrogen-bond acceptors (Lipinski definition) is 2. The number of hydrogen-bond donors (Lipinski definition) is 0. The Morgan fingerprint density at radius 1 is 0.269 bits per heavy atom. The zero-order valence-corrected chi connectivity index (χ0v) is 28.1. The van der Waals surface area contributed by atoms with Crippen LogP contribution in [0.15, 0.2) is 170 Å². The zero-order chi connectivity index (χ0) is 33.9. The molecule has 0 bridgehead atoms. The first-order valence-corrected chi connectivity index (χ1v) is 17.9. The van der Waals surface area contributed by atoms with Crippen molar-refractivity contribution >= 4 is 86.3 Å². The highest BCUT2D eigenvalue weighted by molar-refractivity contribution is 6.27. The zero-order valence-electron chi connectivity index (χ0n) is 28.1. The van der Waals surface area contributed by atoms with E-state index in [-0.39, 0.29) is 0 Å². The van der Waals surface area contributed by atoms with Crippen LogP contribution < -0.4 is 0 Å². The summed E-state index contributed by atoms with van der Waals surface area (Å²) in [5, 5.41) is 18.7. The molecule has 2 nitrogen and oxygen atoms in total. The molecule has 12 rings (SSSR count). The third-order valence-electron chi connectivity index (χ3n) is 11.3. The first kappa shape index (κ1) is 27.9. The van der Waals surface area contributed by atoms with Gasteiger partial charge in [0, 0.05) is 22.1 Å². The van der Waals surface area contributed by atoms with Crippen LogP contribution in [0.5, 0.6) is 0 Å². The lowest BCUT2D eigenvalue weighted by Crippen LogP contribution is -1.95. The lowest BCUT2D eigenvalue weighted by Gasteiger charge is -2.17. The minimum atomic E-state index is 0.933. The van der Waals surface area contributed by atoms with Gasteiger partial charge < -0.3 is 0 Å². The predicted molar refractivity (Wildman–Crippen MR) is 221 cm³/mol. The molecule has 0 atom stereocenters. The lowest BCUT2D eigenvalue weighted by molar-refractivity contribution is 1.32. The molecule has 2 heteroatoms. The van der Waals surface area contributed by atoms with Crippen molar-refractivity contribution in [2.75, 3.05) is 0 Å². The Morgan fingerprint density at radius 3 is 1.27 bits per heavy atom. The molecule has 0 unspecified atom stereocenters. The summed E-state index contributed by atoms with van der Waals surface area (Å²) < 4.78 is 0. The van der Waals surface area contributed by atoms with Crippen molar-refractivity contribution in [1.29, 1.82) is 0 Å². The van der Waals surface area contributed by atoms with Crippen LogP contribution in [0.3, 0.4) is 0 Å². The van der Waals surface area contributed by atoms with Gasteiger partial charge in [0.2, 0.25) is 0 Å². The van der Waals surface area contributed by atoms with Gasteiger partial charge in [0.15, 0.2) is 0 Å². The standard InChI is InChI=1S/C50H28N2/c1-2-6-36-26-44-37(25-35(36)5-1)19-24-43(51-44)38-27-45(39-20-15-33-13-11-29-7-3-9-31-17-22-41(39)49(33)47(29)31)52-46(28-38)40-21-16-34-14-12-30-8-4-10-32-18-23-42(40)50(34)48(30)32/h1-28H. The largest absolute Gasteiger partial charge is 0.248 e. The number of nitrogens with zero attached hydrogens (tertiary/aromatic N) is 2. The summed E-state index contributed by atoms with van der Waals surface area (Å²) in [7, 11) is 0. The summed E-state index contributed by atoms with van der Waals surface area (Å²) >= 11 is 0. The molecule has 52 heavy (non-hydrogen) atoms. The van der Waals surface area contributed by atoms with E-state index in [0.717, 1.165) is 44.7 Å². The Kier molecular flexibility index (Phi) is 5.53. The molecule has 0 saturated carbocycles. The molecule has 0 N–H and O–H groups in total. The molecule has 0 aliphatic heterocycles. The van der Waals surface area contributed by atoms with Crippen LogP contribution in [0, 0.1) is 0 Å². The number of benzene rings is 10. The summed E-state index contributed by atoms with van der Waals surface area (Å²) in [5.41, 5.74) is 7.10. The van der Waals surface area contributed by atoms with Crippen LogP contribution in [0.4, 0.5) is 0 Å². The number of aromatic nitrogens is 2. The van der Waals surface area contributed by atoms with Crippen molar-refractivity contribution in [2.24, 2.45) is 0 Å². The summed E-state index contributed by atoms with van der Waals surface area (Å²) in [6, 6.07) is 62.0. The molecule has 238 valence electrons. The highest BCUT2D eigenvalue weighted by atomic mass is 14.7. The Hall–Kier alpha value is -6.90. The van der Waals surface area contributed by atoms with Crippen LogP contribution in [0.2, 0.25) is 0 Å². The molecule has 10 aromatic carbocycles. The van der Waals surface area contributed by atoms with Crippen molar-refractivity contribution in [3.8, 4) is 33.8 Å². The Balaban J connectivity index is 1.15. The maximum absolute atomic E-state index is 5.54. The molecule has 0 radical (unpaired) electrons. The van der Waals surface area contributed by atoms with Crippen LogP contribution >= 0.6 is 0 Å². The fraction of sp³-hybridized carbons (Fsp3) is 0. The summed E-state index contributed by atoms with van der Waals surface area (Å²) in [6.45, 7) is 0. The summed E-state index contributed by atoms with van der Waals surface area (Å²) in [4.78, 5) is 10.8. The van der Waals surface area contributed by atoms with E-state index in [1.54, 1.807) is 0 Å². The van der Waals surface area contributed by atoms with Gasteiger partial charge in [-0.1, -0.05) is 140 Å². The van der Waals surface area contributed by atoms with Gasteiger partial charge in [0.05, 0.1) is 22.6 Å². The average molecular weight is 657 g/mol. The van der Waals surface area contributed by atoms with Crippen molar-refractivity contribution < 1.29 is 0 Å². The molecule has 0 amide bonds. The van der Waals surface area contributed by atoms with E-state index in [1.807, 2.05) is 0 Å². The maximum Gasteiger partial charge on any atom is 0.0722 e. The third kappa shape index (κ3) is 3.95. The summed E-state index contributed by atoms with van der Waals surface area (Å²) in [5.74, 6) is 0. The van der Waals surface area contributed by atoms with E-state index < -0.39 is 0 Å². The van der Waals surface area contributed by atoms with Gasteiger partial charge in [-0.25, -0.2) is 9.97 Å². The number of pyridine rings is 2.